The van der Waals surface area contributed by atoms with Gasteiger partial charge in [0.05, 0.1) is 24.4 Å². The first kappa shape index (κ1) is 18.8. The van der Waals surface area contributed by atoms with Crippen LogP contribution in [-0.2, 0) is 11.3 Å². The van der Waals surface area contributed by atoms with E-state index < -0.39 is 6.17 Å². The molecule has 9 heteroatoms. The molecule has 1 aliphatic heterocycles. The molecule has 0 spiro atoms. The molecule has 0 aliphatic carbocycles. The summed E-state index contributed by atoms with van der Waals surface area (Å²) in [7, 11) is 3.08. The average molecular weight is 420 g/mol. The number of aryl methyl sites for hydroxylation is 1. The van der Waals surface area contributed by atoms with E-state index in [2.05, 4.69) is 15.6 Å². The standard InChI is InChI=1S/C19H18ClN3O4S/c1-8-4-10(7-26-2)13-14-16(28-19(13)21-8)18(25)23-17(22-14)9-5-11(20)15(24)12(6-9)27-3/h4-6,17,22,24H,7H2,1-3H3,(H,23,25)/t17-/m1/s1. The number of ether oxygens (including phenoxy) is 2. The Labute approximate surface area is 170 Å². The van der Waals surface area contributed by atoms with Crippen molar-refractivity contribution >= 4 is 44.7 Å². The Hall–Kier alpha value is -2.55. The lowest BCUT2D eigenvalue weighted by Gasteiger charge is -2.27. The van der Waals surface area contributed by atoms with Crippen molar-refractivity contribution in [1.29, 1.82) is 0 Å². The molecule has 0 fully saturated rings. The van der Waals surface area contributed by atoms with E-state index in [9.17, 15) is 9.90 Å². The third kappa shape index (κ3) is 3.03. The van der Waals surface area contributed by atoms with Crippen LogP contribution in [0.3, 0.4) is 0 Å². The number of aromatic hydroxyl groups is 1. The van der Waals surface area contributed by atoms with Crippen LogP contribution < -0.4 is 15.4 Å². The molecule has 7 nitrogen and oxygen atoms in total. The van der Waals surface area contributed by atoms with Gasteiger partial charge >= 0.3 is 0 Å². The maximum Gasteiger partial charge on any atom is 0.265 e. The molecule has 0 unspecified atom stereocenters. The van der Waals surface area contributed by atoms with Crippen LogP contribution in [0.4, 0.5) is 5.69 Å². The zero-order valence-corrected chi connectivity index (χ0v) is 17.0. The lowest BCUT2D eigenvalue weighted by Crippen LogP contribution is -2.37. The van der Waals surface area contributed by atoms with Gasteiger partial charge in [0.15, 0.2) is 11.5 Å². The smallest absolute Gasteiger partial charge is 0.265 e. The summed E-state index contributed by atoms with van der Waals surface area (Å²) in [5.41, 5.74) is 3.21. The van der Waals surface area contributed by atoms with E-state index >= 15 is 0 Å². The summed E-state index contributed by atoms with van der Waals surface area (Å²) in [6.07, 6.45) is -0.540. The number of thiophene rings is 1. The molecule has 0 saturated heterocycles. The highest BCUT2D eigenvalue weighted by Gasteiger charge is 2.31. The number of anilines is 1. The Bertz CT molecular complexity index is 1100. The average Bonchev–Trinajstić information content (AvgIpc) is 3.03. The summed E-state index contributed by atoms with van der Waals surface area (Å²) in [4.78, 5) is 18.7. The van der Waals surface area contributed by atoms with E-state index in [-0.39, 0.29) is 22.4 Å². The number of phenols is 1. The normalized spacial score (nSPS) is 15.9. The molecule has 0 saturated carbocycles. The summed E-state index contributed by atoms with van der Waals surface area (Å²) < 4.78 is 10.5. The molecular formula is C19H18ClN3O4S. The van der Waals surface area contributed by atoms with Gasteiger partial charge in [0.25, 0.3) is 5.91 Å². The highest BCUT2D eigenvalue weighted by atomic mass is 35.5. The highest BCUT2D eigenvalue weighted by Crippen LogP contribution is 2.43. The summed E-state index contributed by atoms with van der Waals surface area (Å²) in [6, 6.07) is 5.19. The minimum absolute atomic E-state index is 0.140. The van der Waals surface area contributed by atoms with Crippen molar-refractivity contribution in [3.63, 3.8) is 0 Å². The van der Waals surface area contributed by atoms with Crippen molar-refractivity contribution in [1.82, 2.24) is 10.3 Å². The predicted molar refractivity (Wildman–Crippen MR) is 109 cm³/mol. The molecule has 3 heterocycles. The number of phenolic OH excluding ortho intramolecular Hbond substituents is 1. The number of carbonyl (C=O) groups is 1. The number of aromatic nitrogens is 1. The minimum atomic E-state index is -0.540. The first-order valence-corrected chi connectivity index (χ1v) is 9.68. The largest absolute Gasteiger partial charge is 0.503 e. The molecule has 28 heavy (non-hydrogen) atoms. The number of carbonyl (C=O) groups excluding carboxylic acids is 1. The molecule has 1 aromatic carbocycles. The third-order valence-electron chi connectivity index (χ3n) is 4.55. The fourth-order valence-electron chi connectivity index (χ4n) is 3.34. The van der Waals surface area contributed by atoms with Crippen molar-refractivity contribution in [2.45, 2.75) is 19.7 Å². The molecule has 3 N–H and O–H groups in total. The summed E-state index contributed by atoms with van der Waals surface area (Å²) >= 11 is 7.46. The number of methoxy groups -OCH3 is 2. The Balaban J connectivity index is 1.84. The fourth-order valence-corrected chi connectivity index (χ4v) is 4.69. The van der Waals surface area contributed by atoms with E-state index in [0.717, 1.165) is 27.2 Å². The maximum atomic E-state index is 12.8. The van der Waals surface area contributed by atoms with Crippen LogP contribution in [0.5, 0.6) is 11.5 Å². The topological polar surface area (TPSA) is 92.7 Å². The zero-order valence-electron chi connectivity index (χ0n) is 15.4. The van der Waals surface area contributed by atoms with Crippen LogP contribution in [0.15, 0.2) is 18.2 Å². The number of amides is 1. The predicted octanol–water partition coefficient (Wildman–Crippen LogP) is 3.97. The Morgan fingerprint density at radius 1 is 1.29 bits per heavy atom. The van der Waals surface area contributed by atoms with Gasteiger partial charge in [0.2, 0.25) is 0 Å². The van der Waals surface area contributed by atoms with Gasteiger partial charge in [-0.15, -0.1) is 11.3 Å². The summed E-state index contributed by atoms with van der Waals surface area (Å²) in [5.74, 6) is -0.110. The second-order valence-electron chi connectivity index (χ2n) is 6.45. The quantitative estimate of drug-likeness (QED) is 0.592. The zero-order chi connectivity index (χ0) is 20.0. The first-order valence-electron chi connectivity index (χ1n) is 8.48. The number of hydrogen-bond donors (Lipinski definition) is 3. The van der Waals surface area contributed by atoms with Gasteiger partial charge in [-0.1, -0.05) is 11.6 Å². The molecule has 3 aromatic rings. The molecule has 0 radical (unpaired) electrons. The van der Waals surface area contributed by atoms with Crippen LogP contribution in [0.25, 0.3) is 10.2 Å². The van der Waals surface area contributed by atoms with Gasteiger partial charge < -0.3 is 25.2 Å². The van der Waals surface area contributed by atoms with Crippen molar-refractivity contribution < 1.29 is 19.4 Å². The molecule has 1 atom stereocenters. The fraction of sp³-hybridized carbons (Fsp3) is 0.263. The molecule has 4 rings (SSSR count). The lowest BCUT2D eigenvalue weighted by molar-refractivity contribution is 0.0940. The highest BCUT2D eigenvalue weighted by molar-refractivity contribution is 7.21. The molecule has 1 amide bonds. The molecule has 0 bridgehead atoms. The van der Waals surface area contributed by atoms with Crippen LogP contribution in [0.2, 0.25) is 5.02 Å². The van der Waals surface area contributed by atoms with Crippen molar-refractivity contribution in [3.8, 4) is 11.5 Å². The Morgan fingerprint density at radius 3 is 2.79 bits per heavy atom. The van der Waals surface area contributed by atoms with E-state index in [1.807, 2.05) is 13.0 Å². The monoisotopic (exact) mass is 419 g/mol. The molecule has 2 aromatic heterocycles. The van der Waals surface area contributed by atoms with Gasteiger partial charge in [-0.05, 0) is 36.2 Å². The van der Waals surface area contributed by atoms with Crippen LogP contribution >= 0.6 is 22.9 Å². The van der Waals surface area contributed by atoms with Crippen LogP contribution in [-0.4, -0.2) is 30.2 Å². The van der Waals surface area contributed by atoms with Crippen molar-refractivity contribution in [2.24, 2.45) is 0 Å². The van der Waals surface area contributed by atoms with Gasteiger partial charge in [-0.25, -0.2) is 4.98 Å². The summed E-state index contributed by atoms with van der Waals surface area (Å²) in [5, 5.41) is 17.3. The number of fused-ring (bicyclic) bond motifs is 3. The minimum Gasteiger partial charge on any atom is -0.503 e. The number of nitrogens with one attached hydrogen (secondary N) is 2. The third-order valence-corrected chi connectivity index (χ3v) is 5.92. The number of nitrogens with zero attached hydrogens (tertiary/aromatic N) is 1. The van der Waals surface area contributed by atoms with Gasteiger partial charge in [0, 0.05) is 18.2 Å². The van der Waals surface area contributed by atoms with E-state index in [0.29, 0.717) is 17.0 Å². The molecular weight excluding hydrogens is 402 g/mol. The number of halogens is 1. The van der Waals surface area contributed by atoms with E-state index in [1.54, 1.807) is 19.2 Å². The van der Waals surface area contributed by atoms with E-state index in [4.69, 9.17) is 21.1 Å². The second-order valence-corrected chi connectivity index (χ2v) is 7.85. The van der Waals surface area contributed by atoms with E-state index in [1.165, 1.54) is 18.4 Å². The molecule has 146 valence electrons. The van der Waals surface area contributed by atoms with Crippen LogP contribution in [0, 0.1) is 6.92 Å². The second kappa shape index (κ2) is 7.12. The van der Waals surface area contributed by atoms with Gasteiger partial charge in [0.1, 0.15) is 15.9 Å². The van der Waals surface area contributed by atoms with Crippen molar-refractivity contribution in [2.75, 3.05) is 19.5 Å². The number of benzene rings is 1. The Morgan fingerprint density at radius 2 is 2.07 bits per heavy atom. The number of rotatable bonds is 4. The van der Waals surface area contributed by atoms with Gasteiger partial charge in [-0.2, -0.15) is 0 Å². The number of hydrogen-bond acceptors (Lipinski definition) is 7. The number of pyridine rings is 1. The summed E-state index contributed by atoms with van der Waals surface area (Å²) in [6.45, 7) is 2.33. The van der Waals surface area contributed by atoms with Gasteiger partial charge in [-0.3, -0.25) is 4.79 Å². The SMILES string of the molecule is COCc1cc(C)nc2sc3c(c12)N[C@@H](c1cc(Cl)c(O)c(OC)c1)NC3=O. The maximum absolute atomic E-state index is 12.8. The lowest BCUT2D eigenvalue weighted by atomic mass is 10.1. The molecule has 1 aliphatic rings. The Kier molecular flexibility index (Phi) is 4.78. The first-order chi connectivity index (χ1) is 13.4. The van der Waals surface area contributed by atoms with Crippen LogP contribution in [0.1, 0.15) is 32.7 Å². The van der Waals surface area contributed by atoms with Crippen molar-refractivity contribution in [3.05, 3.63) is 44.9 Å².